The zero-order chi connectivity index (χ0) is 23.3. The van der Waals surface area contributed by atoms with Crippen LogP contribution >= 0.6 is 0 Å². The van der Waals surface area contributed by atoms with Gasteiger partial charge in [-0.25, -0.2) is 13.2 Å². The number of phenolic OH excluding ortho intramolecular Hbond substituents is 1. The number of phenols is 1. The first-order valence-corrected chi connectivity index (χ1v) is 12.2. The number of rotatable bonds is 9. The number of aryl methyl sites for hydroxylation is 1. The van der Waals surface area contributed by atoms with E-state index in [4.69, 9.17) is 9.84 Å². The van der Waals surface area contributed by atoms with Gasteiger partial charge in [-0.3, -0.25) is 4.72 Å². The number of fused-ring (bicyclic) bond motifs is 1. The predicted octanol–water partition coefficient (Wildman–Crippen LogP) is 1.80. The first-order valence-electron chi connectivity index (χ1n) is 10.3. The van der Waals surface area contributed by atoms with E-state index >= 15 is 0 Å². The fraction of sp³-hybridized carbons (Fsp3) is 0.409. The van der Waals surface area contributed by atoms with Crippen LogP contribution in [0.5, 0.6) is 11.5 Å². The molecule has 1 aliphatic rings. The van der Waals surface area contributed by atoms with Crippen molar-refractivity contribution >= 4 is 21.7 Å². The normalized spacial score (nSPS) is 17.1. The van der Waals surface area contributed by atoms with Crippen molar-refractivity contribution in [2.75, 3.05) is 24.1 Å². The molecule has 1 unspecified atom stereocenters. The molecule has 0 bridgehead atoms. The maximum Gasteiger partial charge on any atom is 0.341 e. The Bertz CT molecular complexity index is 1070. The Labute approximate surface area is 187 Å². The highest BCUT2D eigenvalue weighted by Gasteiger charge is 2.19. The van der Waals surface area contributed by atoms with E-state index in [-0.39, 0.29) is 24.0 Å². The molecule has 0 fully saturated rings. The van der Waals surface area contributed by atoms with Gasteiger partial charge in [-0.05, 0) is 66.6 Å². The summed E-state index contributed by atoms with van der Waals surface area (Å²) in [5.74, 6) is -0.736. The van der Waals surface area contributed by atoms with Crippen LogP contribution in [0.15, 0.2) is 36.4 Å². The number of carbonyl (C=O) groups is 1. The van der Waals surface area contributed by atoms with Gasteiger partial charge in [0.1, 0.15) is 11.5 Å². The Morgan fingerprint density at radius 3 is 2.72 bits per heavy atom. The van der Waals surface area contributed by atoms with Gasteiger partial charge < -0.3 is 25.4 Å². The average Bonchev–Trinajstić information content (AvgIpc) is 2.92. The fourth-order valence-electron chi connectivity index (χ4n) is 3.79. The van der Waals surface area contributed by atoms with Gasteiger partial charge in [0.2, 0.25) is 10.0 Å². The monoisotopic (exact) mass is 464 g/mol. The minimum atomic E-state index is -3.57. The highest BCUT2D eigenvalue weighted by molar-refractivity contribution is 7.92. The number of nitrogens with one attached hydrogen (secondary N) is 2. The molecule has 0 saturated carbocycles. The SMILES string of the molecule is CS(=O)(=O)Nc1cc([C@@H](O)CNC2CCCc3ccc(OCC(=O)O)cc3C2)ccc1O. The zero-order valence-corrected chi connectivity index (χ0v) is 18.6. The number of sulfonamides is 1. The van der Waals surface area contributed by atoms with Gasteiger partial charge in [-0.15, -0.1) is 0 Å². The fourth-order valence-corrected chi connectivity index (χ4v) is 4.35. The number of aliphatic carboxylic acids is 1. The van der Waals surface area contributed by atoms with Crippen LogP contribution in [0.25, 0.3) is 0 Å². The number of benzene rings is 2. The van der Waals surface area contributed by atoms with Gasteiger partial charge in [0.25, 0.3) is 0 Å². The van der Waals surface area contributed by atoms with E-state index in [9.17, 15) is 23.4 Å². The van der Waals surface area contributed by atoms with Crippen LogP contribution < -0.4 is 14.8 Å². The maximum absolute atomic E-state index is 11.5. The number of aliphatic hydroxyl groups excluding tert-OH is 1. The summed E-state index contributed by atoms with van der Waals surface area (Å²) >= 11 is 0. The van der Waals surface area contributed by atoms with Gasteiger partial charge in [0, 0.05) is 12.6 Å². The summed E-state index contributed by atoms with van der Waals surface area (Å²) in [6, 6.07) is 10.0. The minimum absolute atomic E-state index is 0.0151. The minimum Gasteiger partial charge on any atom is -0.506 e. The summed E-state index contributed by atoms with van der Waals surface area (Å²) in [4.78, 5) is 10.7. The van der Waals surface area contributed by atoms with E-state index in [0.29, 0.717) is 17.7 Å². The topological polar surface area (TPSA) is 145 Å². The molecule has 0 heterocycles. The molecule has 0 aromatic heterocycles. The molecule has 2 aromatic carbocycles. The number of anilines is 1. The van der Waals surface area contributed by atoms with E-state index in [2.05, 4.69) is 10.0 Å². The molecular weight excluding hydrogens is 436 g/mol. The first-order chi connectivity index (χ1) is 15.1. The Hall–Kier alpha value is -2.82. The Balaban J connectivity index is 1.64. The number of aromatic hydroxyl groups is 1. The number of hydrogen-bond acceptors (Lipinski definition) is 7. The van der Waals surface area contributed by atoms with E-state index in [1.165, 1.54) is 17.7 Å². The van der Waals surface area contributed by atoms with Gasteiger partial charge in [0.05, 0.1) is 18.0 Å². The van der Waals surface area contributed by atoms with Crippen molar-refractivity contribution in [3.63, 3.8) is 0 Å². The second-order valence-corrected chi connectivity index (χ2v) is 9.73. The maximum atomic E-state index is 11.5. The van der Waals surface area contributed by atoms with Crippen LogP contribution in [0.3, 0.4) is 0 Å². The second-order valence-electron chi connectivity index (χ2n) is 7.98. The standard InChI is InChI=1S/C22H28N2O7S/c1-32(29,30)24-19-11-15(6-8-20(19)25)21(26)12-23-17-4-2-3-14-5-7-18(10-16(14)9-17)31-13-22(27)28/h5-8,10-11,17,21,23-26H,2-4,9,12-13H2,1H3,(H,27,28)/t17?,21-/m0/s1. The van der Waals surface area contributed by atoms with Crippen molar-refractivity contribution in [2.45, 2.75) is 37.8 Å². The number of carboxylic acid groups (broad SMARTS) is 1. The molecule has 0 spiro atoms. The second kappa shape index (κ2) is 10.2. The van der Waals surface area contributed by atoms with Crippen LogP contribution in [0, 0.1) is 0 Å². The molecule has 5 N–H and O–H groups in total. The molecule has 2 aromatic rings. The molecular formula is C22H28N2O7S. The summed E-state index contributed by atoms with van der Waals surface area (Å²) in [5, 5.41) is 32.6. The molecule has 0 aliphatic heterocycles. The van der Waals surface area contributed by atoms with Crippen LogP contribution in [-0.4, -0.2) is 55.2 Å². The van der Waals surface area contributed by atoms with Crippen LogP contribution in [0.1, 0.15) is 35.6 Å². The van der Waals surface area contributed by atoms with E-state index < -0.39 is 28.7 Å². The number of hydrogen-bond donors (Lipinski definition) is 5. The number of ether oxygens (including phenoxy) is 1. The lowest BCUT2D eigenvalue weighted by molar-refractivity contribution is -0.139. The zero-order valence-electron chi connectivity index (χ0n) is 17.7. The van der Waals surface area contributed by atoms with Crippen molar-refractivity contribution in [1.29, 1.82) is 0 Å². The highest BCUT2D eigenvalue weighted by Crippen LogP contribution is 2.29. The molecule has 0 radical (unpaired) electrons. The van der Waals surface area contributed by atoms with Gasteiger partial charge in [-0.1, -0.05) is 12.1 Å². The predicted molar refractivity (Wildman–Crippen MR) is 120 cm³/mol. The summed E-state index contributed by atoms with van der Waals surface area (Å²) in [7, 11) is -3.57. The van der Waals surface area contributed by atoms with Gasteiger partial charge in [0.15, 0.2) is 6.61 Å². The molecule has 3 rings (SSSR count). The molecule has 174 valence electrons. The number of aliphatic hydroxyl groups is 1. The van der Waals surface area contributed by atoms with Crippen molar-refractivity contribution in [2.24, 2.45) is 0 Å². The largest absolute Gasteiger partial charge is 0.506 e. The third-order valence-corrected chi connectivity index (χ3v) is 5.90. The van der Waals surface area contributed by atoms with Crippen molar-refractivity contribution in [3.05, 3.63) is 53.1 Å². The summed E-state index contributed by atoms with van der Waals surface area (Å²) in [6.45, 7) is -0.145. The Kier molecular flexibility index (Phi) is 7.60. The Morgan fingerprint density at radius 2 is 2.00 bits per heavy atom. The van der Waals surface area contributed by atoms with Crippen LogP contribution in [-0.2, 0) is 27.7 Å². The molecule has 2 atom stereocenters. The van der Waals surface area contributed by atoms with Crippen LogP contribution in [0.2, 0.25) is 0 Å². The van der Waals surface area contributed by atoms with Crippen LogP contribution in [0.4, 0.5) is 5.69 Å². The number of carboxylic acids is 1. The van der Waals surface area contributed by atoms with E-state index in [1.54, 1.807) is 12.1 Å². The lowest BCUT2D eigenvalue weighted by Crippen LogP contribution is -2.34. The average molecular weight is 465 g/mol. The summed E-state index contributed by atoms with van der Waals surface area (Å²) in [6.07, 6.45) is 3.58. The Morgan fingerprint density at radius 1 is 1.22 bits per heavy atom. The molecule has 1 aliphatic carbocycles. The lowest BCUT2D eigenvalue weighted by Gasteiger charge is -2.20. The van der Waals surface area contributed by atoms with Crippen molar-refractivity contribution in [3.8, 4) is 11.5 Å². The first kappa shape index (κ1) is 23.8. The third kappa shape index (κ3) is 6.84. The van der Waals surface area contributed by atoms with Crippen molar-refractivity contribution in [1.82, 2.24) is 5.32 Å². The summed E-state index contributed by atoms with van der Waals surface area (Å²) in [5.41, 5.74) is 2.77. The third-order valence-electron chi connectivity index (χ3n) is 5.31. The quantitative estimate of drug-likeness (QED) is 0.279. The van der Waals surface area contributed by atoms with Gasteiger partial charge >= 0.3 is 5.97 Å². The van der Waals surface area contributed by atoms with Crippen molar-refractivity contribution < 1.29 is 33.3 Å². The molecule has 32 heavy (non-hydrogen) atoms. The summed E-state index contributed by atoms with van der Waals surface area (Å²) < 4.78 is 30.5. The molecule has 0 amide bonds. The smallest absolute Gasteiger partial charge is 0.341 e. The van der Waals surface area contributed by atoms with E-state index in [0.717, 1.165) is 31.1 Å². The lowest BCUT2D eigenvalue weighted by atomic mass is 10.0. The van der Waals surface area contributed by atoms with E-state index in [1.807, 2.05) is 12.1 Å². The molecule has 9 nitrogen and oxygen atoms in total. The highest BCUT2D eigenvalue weighted by atomic mass is 32.2. The molecule has 10 heteroatoms. The van der Waals surface area contributed by atoms with Gasteiger partial charge in [-0.2, -0.15) is 0 Å². The molecule has 0 saturated heterocycles.